The van der Waals surface area contributed by atoms with Gasteiger partial charge in [0, 0.05) is 11.6 Å². The summed E-state index contributed by atoms with van der Waals surface area (Å²) in [6, 6.07) is 8.44. The van der Waals surface area contributed by atoms with E-state index in [9.17, 15) is 13.5 Å². The van der Waals surface area contributed by atoms with E-state index in [1.54, 1.807) is 37.4 Å². The van der Waals surface area contributed by atoms with Crippen LogP contribution >= 0.6 is 0 Å². The van der Waals surface area contributed by atoms with Gasteiger partial charge in [-0.1, -0.05) is 29.9 Å². The molecule has 6 nitrogen and oxygen atoms in total. The predicted octanol–water partition coefficient (Wildman–Crippen LogP) is 4.46. The third-order valence-corrected chi connectivity index (χ3v) is 4.73. The van der Waals surface area contributed by atoms with Crippen LogP contribution in [0.25, 0.3) is 12.2 Å². The van der Waals surface area contributed by atoms with Crippen LogP contribution in [0, 0.1) is 0 Å². The van der Waals surface area contributed by atoms with Gasteiger partial charge in [-0.15, -0.1) is 0 Å². The summed E-state index contributed by atoms with van der Waals surface area (Å²) in [6.07, 6.45) is 7.61. The maximum absolute atomic E-state index is 11.5. The maximum Gasteiger partial charge on any atom is 0.229 e. The lowest BCUT2D eigenvalue weighted by Gasteiger charge is -2.12. The van der Waals surface area contributed by atoms with E-state index in [2.05, 4.69) is 10.8 Å². The molecule has 7 heteroatoms. The second kappa shape index (κ2) is 9.52. The summed E-state index contributed by atoms with van der Waals surface area (Å²) in [5, 5.41) is 10.0. The highest BCUT2D eigenvalue weighted by Crippen LogP contribution is 2.31. The van der Waals surface area contributed by atoms with E-state index in [1.165, 1.54) is 12.7 Å². The summed E-state index contributed by atoms with van der Waals surface area (Å²) in [5.74, 6) is 1.15. The van der Waals surface area contributed by atoms with Gasteiger partial charge >= 0.3 is 0 Å². The Balaban J connectivity index is 2.42. The summed E-state index contributed by atoms with van der Waals surface area (Å²) < 4.78 is 36.1. The van der Waals surface area contributed by atoms with Crippen molar-refractivity contribution in [1.82, 2.24) is 0 Å². The van der Waals surface area contributed by atoms with Crippen molar-refractivity contribution in [2.75, 3.05) is 25.2 Å². The minimum Gasteiger partial charge on any atom is -0.508 e. The summed E-state index contributed by atoms with van der Waals surface area (Å²) in [5.41, 5.74) is 4.17. The van der Waals surface area contributed by atoms with Crippen LogP contribution in [0.15, 0.2) is 42.0 Å². The average molecular weight is 418 g/mol. The second-order valence-electron chi connectivity index (χ2n) is 6.87. The van der Waals surface area contributed by atoms with Crippen LogP contribution in [-0.2, 0) is 16.4 Å². The molecule has 2 aromatic rings. The van der Waals surface area contributed by atoms with E-state index in [0.717, 1.165) is 22.9 Å². The first-order valence-electron chi connectivity index (χ1n) is 9.00. The largest absolute Gasteiger partial charge is 0.508 e. The van der Waals surface area contributed by atoms with E-state index in [4.69, 9.17) is 9.47 Å². The number of phenols is 1. The summed E-state index contributed by atoms with van der Waals surface area (Å²) in [4.78, 5) is 0. The van der Waals surface area contributed by atoms with Crippen LogP contribution in [0.2, 0.25) is 0 Å². The highest BCUT2D eigenvalue weighted by atomic mass is 32.2. The quantitative estimate of drug-likeness (QED) is 0.489. The molecule has 2 N–H and O–H groups in total. The number of ether oxygens (including phenoxy) is 2. The van der Waals surface area contributed by atoms with Gasteiger partial charge in [-0.2, -0.15) is 0 Å². The normalized spacial score (nSPS) is 11.3. The Labute approximate surface area is 172 Å². The number of aromatic hydroxyl groups is 1. The Morgan fingerprint density at radius 1 is 1.07 bits per heavy atom. The van der Waals surface area contributed by atoms with Gasteiger partial charge < -0.3 is 14.6 Å². The van der Waals surface area contributed by atoms with Gasteiger partial charge in [0.1, 0.15) is 17.2 Å². The van der Waals surface area contributed by atoms with Crippen molar-refractivity contribution >= 4 is 27.9 Å². The standard InChI is InChI=1S/C22H27NO5S/c1-15(2)6-10-19-17(13-18(24)14-21(19)27-3)9-7-16-8-11-20(22(12-16)28-4)23-29(5,25)26/h6-9,11-14,23-24H,10H2,1-5H3/b9-7-. The number of hydrogen-bond acceptors (Lipinski definition) is 5. The molecular formula is C22H27NO5S. The molecule has 2 rings (SSSR count). The third kappa shape index (κ3) is 6.57. The fraction of sp³-hybridized carbons (Fsp3) is 0.273. The molecule has 0 aliphatic rings. The van der Waals surface area contributed by atoms with Crippen molar-refractivity contribution in [2.45, 2.75) is 20.3 Å². The Bertz CT molecular complexity index is 1040. The molecule has 29 heavy (non-hydrogen) atoms. The lowest BCUT2D eigenvalue weighted by Crippen LogP contribution is -2.10. The van der Waals surface area contributed by atoms with Gasteiger partial charge in [0.15, 0.2) is 0 Å². The highest BCUT2D eigenvalue weighted by molar-refractivity contribution is 7.92. The van der Waals surface area contributed by atoms with Crippen LogP contribution in [0.5, 0.6) is 17.2 Å². The number of methoxy groups -OCH3 is 2. The van der Waals surface area contributed by atoms with E-state index in [1.807, 2.05) is 26.0 Å². The molecular weight excluding hydrogens is 390 g/mol. The number of anilines is 1. The number of nitrogens with one attached hydrogen (secondary N) is 1. The summed E-state index contributed by atoms with van der Waals surface area (Å²) in [7, 11) is -0.348. The molecule has 0 fully saturated rings. The molecule has 0 unspecified atom stereocenters. The van der Waals surface area contributed by atoms with Gasteiger partial charge in [0.2, 0.25) is 10.0 Å². The van der Waals surface area contributed by atoms with Crippen molar-refractivity contribution in [1.29, 1.82) is 0 Å². The lowest BCUT2D eigenvalue weighted by molar-refractivity contribution is 0.403. The van der Waals surface area contributed by atoms with E-state index < -0.39 is 10.0 Å². The molecule has 0 bridgehead atoms. The first-order valence-corrected chi connectivity index (χ1v) is 10.9. The molecule has 0 saturated heterocycles. The minimum absolute atomic E-state index is 0.118. The fourth-order valence-electron chi connectivity index (χ4n) is 2.79. The second-order valence-corrected chi connectivity index (χ2v) is 8.62. The monoisotopic (exact) mass is 417 g/mol. The summed E-state index contributed by atoms with van der Waals surface area (Å²) in [6.45, 7) is 4.06. The maximum atomic E-state index is 11.5. The van der Waals surface area contributed by atoms with Gasteiger partial charge in [0.05, 0.1) is 26.2 Å². The number of rotatable bonds is 8. The van der Waals surface area contributed by atoms with Crippen molar-refractivity contribution in [2.24, 2.45) is 0 Å². The zero-order valence-electron chi connectivity index (χ0n) is 17.3. The highest BCUT2D eigenvalue weighted by Gasteiger charge is 2.10. The average Bonchev–Trinajstić information content (AvgIpc) is 2.64. The first kappa shape index (κ1) is 22.4. The number of phenolic OH excluding ortho intramolecular Hbond substituents is 1. The molecule has 0 aromatic heterocycles. The molecule has 0 radical (unpaired) electrons. The minimum atomic E-state index is -3.40. The molecule has 0 spiro atoms. The fourth-order valence-corrected chi connectivity index (χ4v) is 3.36. The Hall–Kier alpha value is -2.93. The number of allylic oxidation sites excluding steroid dienone is 2. The van der Waals surface area contributed by atoms with Crippen molar-refractivity contribution in [3.63, 3.8) is 0 Å². The van der Waals surface area contributed by atoms with Crippen molar-refractivity contribution in [3.8, 4) is 17.2 Å². The molecule has 2 aromatic carbocycles. The Morgan fingerprint density at radius 3 is 2.34 bits per heavy atom. The van der Waals surface area contributed by atoms with Crippen LogP contribution in [0.4, 0.5) is 5.69 Å². The molecule has 0 atom stereocenters. The van der Waals surface area contributed by atoms with E-state index in [0.29, 0.717) is 23.6 Å². The molecule has 0 saturated carbocycles. The molecule has 0 aliphatic heterocycles. The van der Waals surface area contributed by atoms with E-state index in [-0.39, 0.29) is 5.75 Å². The predicted molar refractivity (Wildman–Crippen MR) is 118 cm³/mol. The molecule has 0 heterocycles. The van der Waals surface area contributed by atoms with Gasteiger partial charge in [-0.25, -0.2) is 8.42 Å². The molecule has 156 valence electrons. The van der Waals surface area contributed by atoms with Crippen LogP contribution in [0.3, 0.4) is 0 Å². The first-order chi connectivity index (χ1) is 13.6. The summed E-state index contributed by atoms with van der Waals surface area (Å²) >= 11 is 0. The number of sulfonamides is 1. The molecule has 0 aliphatic carbocycles. The van der Waals surface area contributed by atoms with Crippen LogP contribution in [0.1, 0.15) is 30.5 Å². The Morgan fingerprint density at radius 2 is 1.76 bits per heavy atom. The Kier molecular flexibility index (Phi) is 7.34. The zero-order valence-corrected chi connectivity index (χ0v) is 18.1. The van der Waals surface area contributed by atoms with Crippen molar-refractivity contribution in [3.05, 3.63) is 58.7 Å². The smallest absolute Gasteiger partial charge is 0.229 e. The van der Waals surface area contributed by atoms with Gasteiger partial charge in [-0.05, 0) is 49.6 Å². The van der Waals surface area contributed by atoms with Gasteiger partial charge in [-0.3, -0.25) is 4.72 Å². The lowest BCUT2D eigenvalue weighted by atomic mass is 10.00. The number of hydrogen-bond donors (Lipinski definition) is 2. The van der Waals surface area contributed by atoms with Gasteiger partial charge in [0.25, 0.3) is 0 Å². The topological polar surface area (TPSA) is 84.9 Å². The third-order valence-electron chi connectivity index (χ3n) is 4.14. The SMILES string of the molecule is COc1cc(/C=C\c2cc(O)cc(OC)c2CC=C(C)C)ccc1NS(C)(=O)=O. The van der Waals surface area contributed by atoms with Crippen LogP contribution in [-0.4, -0.2) is 34.0 Å². The molecule has 0 amide bonds. The van der Waals surface area contributed by atoms with Crippen molar-refractivity contribution < 1.29 is 23.0 Å². The number of benzene rings is 2. The van der Waals surface area contributed by atoms with Crippen LogP contribution < -0.4 is 14.2 Å². The zero-order chi connectivity index (χ0) is 21.6. The van der Waals surface area contributed by atoms with E-state index >= 15 is 0 Å².